The second-order valence-corrected chi connectivity index (χ2v) is 3.57. The average molecular weight is 186 g/mol. The fraction of sp³-hybridized carbons (Fsp3) is 0.286. The van der Waals surface area contributed by atoms with Crippen LogP contribution in [0.3, 0.4) is 0 Å². The van der Waals surface area contributed by atoms with E-state index in [0.29, 0.717) is 5.92 Å². The van der Waals surface area contributed by atoms with E-state index in [9.17, 15) is 0 Å². The Kier molecular flexibility index (Phi) is 3.70. The van der Waals surface area contributed by atoms with Crippen LogP contribution in [-0.2, 0) is 0 Å². The van der Waals surface area contributed by atoms with Gasteiger partial charge < -0.3 is 0 Å². The summed E-state index contributed by atoms with van der Waals surface area (Å²) in [6, 6.07) is 6.35. The molecule has 1 atom stereocenters. The average Bonchev–Trinajstić information content (AvgIpc) is 2.26. The Balaban J connectivity index is 3.28. The van der Waals surface area contributed by atoms with Gasteiger partial charge >= 0.3 is 0 Å². The SMILES string of the molecule is C=Cc1cccc(C(C)CC)c1C=C. The molecule has 0 heterocycles. The topological polar surface area (TPSA) is 0 Å². The van der Waals surface area contributed by atoms with Gasteiger partial charge in [-0.15, -0.1) is 0 Å². The molecule has 0 spiro atoms. The molecule has 0 aromatic heterocycles. The van der Waals surface area contributed by atoms with Crippen LogP contribution in [-0.4, -0.2) is 0 Å². The smallest absolute Gasteiger partial charge is 0.0155 e. The van der Waals surface area contributed by atoms with Crippen molar-refractivity contribution >= 4 is 12.2 Å². The van der Waals surface area contributed by atoms with Crippen LogP contribution >= 0.6 is 0 Å². The van der Waals surface area contributed by atoms with E-state index >= 15 is 0 Å². The molecule has 0 bridgehead atoms. The summed E-state index contributed by atoms with van der Waals surface area (Å²) in [7, 11) is 0. The van der Waals surface area contributed by atoms with E-state index in [1.807, 2.05) is 12.2 Å². The fourth-order valence-electron chi connectivity index (χ4n) is 1.67. The quantitative estimate of drug-likeness (QED) is 0.650. The molecule has 0 fully saturated rings. The van der Waals surface area contributed by atoms with Gasteiger partial charge in [0.25, 0.3) is 0 Å². The fourth-order valence-corrected chi connectivity index (χ4v) is 1.67. The second-order valence-electron chi connectivity index (χ2n) is 3.57. The third-order valence-electron chi connectivity index (χ3n) is 2.74. The Morgan fingerprint density at radius 3 is 2.50 bits per heavy atom. The Morgan fingerprint density at radius 1 is 1.29 bits per heavy atom. The molecular weight excluding hydrogens is 168 g/mol. The molecule has 0 heteroatoms. The summed E-state index contributed by atoms with van der Waals surface area (Å²) in [6.07, 6.45) is 4.98. The van der Waals surface area contributed by atoms with E-state index in [2.05, 4.69) is 45.2 Å². The van der Waals surface area contributed by atoms with Crippen molar-refractivity contribution in [3.05, 3.63) is 48.0 Å². The van der Waals surface area contributed by atoms with Crippen molar-refractivity contribution in [1.29, 1.82) is 0 Å². The molecule has 1 aromatic carbocycles. The van der Waals surface area contributed by atoms with Crippen molar-refractivity contribution < 1.29 is 0 Å². The maximum Gasteiger partial charge on any atom is -0.0155 e. The molecule has 0 aliphatic heterocycles. The lowest BCUT2D eigenvalue weighted by Crippen LogP contribution is -1.96. The Labute approximate surface area is 87.0 Å². The number of rotatable bonds is 4. The molecule has 1 aromatic rings. The van der Waals surface area contributed by atoms with Crippen LogP contribution in [0, 0.1) is 0 Å². The summed E-state index contributed by atoms with van der Waals surface area (Å²) in [5.74, 6) is 0.586. The van der Waals surface area contributed by atoms with Gasteiger partial charge in [0.05, 0.1) is 0 Å². The first-order chi connectivity index (χ1) is 6.74. The molecule has 1 rings (SSSR count). The molecular formula is C14H18. The molecule has 0 radical (unpaired) electrons. The van der Waals surface area contributed by atoms with Crippen LogP contribution in [0.2, 0.25) is 0 Å². The maximum atomic E-state index is 3.87. The van der Waals surface area contributed by atoms with Crippen LogP contribution in [0.4, 0.5) is 0 Å². The first-order valence-electron chi connectivity index (χ1n) is 5.12. The zero-order chi connectivity index (χ0) is 10.6. The highest BCUT2D eigenvalue weighted by Gasteiger charge is 2.08. The lowest BCUT2D eigenvalue weighted by molar-refractivity contribution is 0.732. The number of hydrogen-bond donors (Lipinski definition) is 0. The molecule has 0 nitrogen and oxygen atoms in total. The van der Waals surface area contributed by atoms with Gasteiger partial charge in [-0.1, -0.05) is 57.4 Å². The predicted octanol–water partition coefficient (Wildman–Crippen LogP) is 4.49. The van der Waals surface area contributed by atoms with Crippen LogP contribution in [0.5, 0.6) is 0 Å². The van der Waals surface area contributed by atoms with Crippen LogP contribution in [0.1, 0.15) is 42.9 Å². The normalized spacial score (nSPS) is 12.1. The number of benzene rings is 1. The van der Waals surface area contributed by atoms with E-state index in [0.717, 1.165) is 6.42 Å². The van der Waals surface area contributed by atoms with Crippen molar-refractivity contribution in [3.63, 3.8) is 0 Å². The number of hydrogen-bond acceptors (Lipinski definition) is 0. The minimum absolute atomic E-state index is 0.586. The van der Waals surface area contributed by atoms with Gasteiger partial charge in [-0.3, -0.25) is 0 Å². The summed E-state index contributed by atoms with van der Waals surface area (Å²) in [6.45, 7) is 12.1. The molecule has 0 amide bonds. The largest absolute Gasteiger partial charge is 0.0984 e. The van der Waals surface area contributed by atoms with Gasteiger partial charge in [-0.25, -0.2) is 0 Å². The van der Waals surface area contributed by atoms with E-state index in [1.54, 1.807) is 0 Å². The third-order valence-corrected chi connectivity index (χ3v) is 2.74. The summed E-state index contributed by atoms with van der Waals surface area (Å²) < 4.78 is 0. The first kappa shape index (κ1) is 10.8. The van der Waals surface area contributed by atoms with Crippen molar-refractivity contribution in [3.8, 4) is 0 Å². The molecule has 0 N–H and O–H groups in total. The Hall–Kier alpha value is -1.30. The van der Waals surface area contributed by atoms with E-state index in [-0.39, 0.29) is 0 Å². The second kappa shape index (κ2) is 4.80. The van der Waals surface area contributed by atoms with Crippen molar-refractivity contribution in [1.82, 2.24) is 0 Å². The van der Waals surface area contributed by atoms with E-state index in [1.165, 1.54) is 16.7 Å². The zero-order valence-corrected chi connectivity index (χ0v) is 9.09. The predicted molar refractivity (Wildman–Crippen MR) is 65.3 cm³/mol. The molecule has 14 heavy (non-hydrogen) atoms. The summed E-state index contributed by atoms with van der Waals surface area (Å²) in [5.41, 5.74) is 3.79. The zero-order valence-electron chi connectivity index (χ0n) is 9.09. The van der Waals surface area contributed by atoms with Gasteiger partial charge in [0, 0.05) is 0 Å². The standard InChI is InChI=1S/C14H18/c1-5-11(4)14-10-8-9-12(6-2)13(14)7-3/h6-11H,2-3,5H2,1,4H3. The van der Waals surface area contributed by atoms with E-state index in [4.69, 9.17) is 0 Å². The van der Waals surface area contributed by atoms with Gasteiger partial charge in [-0.05, 0) is 29.0 Å². The molecule has 0 aliphatic carbocycles. The minimum atomic E-state index is 0.586. The molecule has 0 saturated heterocycles. The van der Waals surface area contributed by atoms with Crippen molar-refractivity contribution in [2.24, 2.45) is 0 Å². The lowest BCUT2D eigenvalue weighted by atomic mass is 9.91. The highest BCUT2D eigenvalue weighted by Crippen LogP contribution is 2.26. The molecule has 0 aliphatic rings. The minimum Gasteiger partial charge on any atom is -0.0984 e. The summed E-state index contributed by atoms with van der Waals surface area (Å²) in [4.78, 5) is 0. The van der Waals surface area contributed by atoms with Gasteiger partial charge in [0.2, 0.25) is 0 Å². The van der Waals surface area contributed by atoms with Gasteiger partial charge in [0.1, 0.15) is 0 Å². The monoisotopic (exact) mass is 186 g/mol. The highest BCUT2D eigenvalue weighted by molar-refractivity contribution is 5.66. The Morgan fingerprint density at radius 2 is 2.00 bits per heavy atom. The molecule has 74 valence electrons. The maximum absolute atomic E-state index is 3.87. The first-order valence-corrected chi connectivity index (χ1v) is 5.12. The third kappa shape index (κ3) is 1.95. The van der Waals surface area contributed by atoms with Crippen LogP contribution in [0.25, 0.3) is 12.2 Å². The molecule has 1 unspecified atom stereocenters. The van der Waals surface area contributed by atoms with Gasteiger partial charge in [0.15, 0.2) is 0 Å². The lowest BCUT2D eigenvalue weighted by Gasteiger charge is -2.14. The van der Waals surface area contributed by atoms with Crippen molar-refractivity contribution in [2.45, 2.75) is 26.2 Å². The van der Waals surface area contributed by atoms with E-state index < -0.39 is 0 Å². The summed E-state index contributed by atoms with van der Waals surface area (Å²) in [5, 5.41) is 0. The molecule has 0 saturated carbocycles. The van der Waals surface area contributed by atoms with Crippen molar-refractivity contribution in [2.75, 3.05) is 0 Å². The van der Waals surface area contributed by atoms with Crippen LogP contribution < -0.4 is 0 Å². The highest BCUT2D eigenvalue weighted by atomic mass is 14.1. The van der Waals surface area contributed by atoms with Gasteiger partial charge in [-0.2, -0.15) is 0 Å². The Bertz CT molecular complexity index is 334. The van der Waals surface area contributed by atoms with Crippen LogP contribution in [0.15, 0.2) is 31.4 Å². The summed E-state index contributed by atoms with van der Waals surface area (Å²) >= 11 is 0.